The number of rotatable bonds is 4. The highest BCUT2D eigenvalue weighted by molar-refractivity contribution is 8.00. The summed E-state index contributed by atoms with van der Waals surface area (Å²) in [6.45, 7) is 5.98. The lowest BCUT2D eigenvalue weighted by Crippen LogP contribution is -2.27. The highest BCUT2D eigenvalue weighted by Gasteiger charge is 2.38. The number of amides is 1. The number of carbonyl (C=O) groups is 1. The van der Waals surface area contributed by atoms with Crippen molar-refractivity contribution in [2.45, 2.75) is 23.8 Å². The molecule has 136 valence electrons. The molecular formula is C19H16ClN5OS. The number of benzene rings is 2. The molecule has 2 heterocycles. The monoisotopic (exact) mass is 397 g/mol. The summed E-state index contributed by atoms with van der Waals surface area (Å²) < 4.78 is 1.63. The molecule has 0 aliphatic carbocycles. The fraction of sp³-hybridized carbons (Fsp3) is 0.158. The summed E-state index contributed by atoms with van der Waals surface area (Å²) in [7, 11) is 0. The van der Waals surface area contributed by atoms with Crippen molar-refractivity contribution in [1.29, 1.82) is 0 Å². The molecule has 2 aromatic carbocycles. The van der Waals surface area contributed by atoms with E-state index in [9.17, 15) is 4.79 Å². The number of tetrazole rings is 1. The lowest BCUT2D eigenvalue weighted by Gasteiger charge is -2.20. The maximum absolute atomic E-state index is 13.1. The Labute approximate surface area is 165 Å². The minimum atomic E-state index is -0.343. The van der Waals surface area contributed by atoms with Crippen molar-refractivity contribution >= 4 is 35.0 Å². The Morgan fingerprint density at radius 2 is 1.96 bits per heavy atom. The van der Waals surface area contributed by atoms with E-state index in [0.29, 0.717) is 16.6 Å². The number of hydrogen-bond donors (Lipinski definition) is 0. The number of nitrogens with zero attached hydrogens (tertiary/aromatic N) is 5. The van der Waals surface area contributed by atoms with Gasteiger partial charge < -0.3 is 0 Å². The zero-order valence-electron chi connectivity index (χ0n) is 14.5. The van der Waals surface area contributed by atoms with Crippen molar-refractivity contribution in [3.05, 3.63) is 71.4 Å². The highest BCUT2D eigenvalue weighted by Crippen LogP contribution is 2.39. The molecule has 4 rings (SSSR count). The van der Waals surface area contributed by atoms with Crippen molar-refractivity contribution in [2.24, 2.45) is 0 Å². The van der Waals surface area contributed by atoms with Gasteiger partial charge in [-0.1, -0.05) is 54.2 Å². The predicted molar refractivity (Wildman–Crippen MR) is 106 cm³/mol. The van der Waals surface area contributed by atoms with Gasteiger partial charge in [0.25, 0.3) is 0 Å². The molecule has 1 aromatic heterocycles. The first-order chi connectivity index (χ1) is 13.1. The maximum Gasteiger partial charge on any atom is 0.245 e. The third-order valence-electron chi connectivity index (χ3n) is 4.40. The van der Waals surface area contributed by atoms with Crippen LogP contribution in [0.25, 0.3) is 5.69 Å². The van der Waals surface area contributed by atoms with Crippen LogP contribution < -0.4 is 4.90 Å². The van der Waals surface area contributed by atoms with Crippen molar-refractivity contribution in [2.75, 3.05) is 4.90 Å². The molecule has 1 saturated heterocycles. The Morgan fingerprint density at radius 1 is 1.19 bits per heavy atom. The van der Waals surface area contributed by atoms with Crippen molar-refractivity contribution in [1.82, 2.24) is 20.2 Å². The van der Waals surface area contributed by atoms with Gasteiger partial charge in [0.15, 0.2) is 0 Å². The molecule has 0 spiro atoms. The Hall–Kier alpha value is -2.64. The number of halogens is 1. The minimum absolute atomic E-state index is 0.0435. The fourth-order valence-electron chi connectivity index (χ4n) is 3.02. The molecule has 1 atom stereocenters. The number of para-hydroxylation sites is 1. The predicted octanol–water partition coefficient (Wildman–Crippen LogP) is 4.04. The third kappa shape index (κ3) is 3.24. The van der Waals surface area contributed by atoms with E-state index in [4.69, 9.17) is 11.6 Å². The second-order valence-corrected chi connectivity index (χ2v) is 7.72. The largest absolute Gasteiger partial charge is 0.284 e. The zero-order chi connectivity index (χ0) is 19.0. The topological polar surface area (TPSA) is 63.9 Å². The summed E-state index contributed by atoms with van der Waals surface area (Å²) in [5.74, 6) is -0.0435. The van der Waals surface area contributed by atoms with E-state index in [1.807, 2.05) is 55.5 Å². The van der Waals surface area contributed by atoms with Crippen LogP contribution in [-0.4, -0.2) is 31.4 Å². The van der Waals surface area contributed by atoms with Crippen LogP contribution in [0, 0.1) is 6.92 Å². The fourth-order valence-corrected chi connectivity index (χ4v) is 4.25. The van der Waals surface area contributed by atoms with E-state index in [1.54, 1.807) is 9.58 Å². The van der Waals surface area contributed by atoms with Gasteiger partial charge in [0.2, 0.25) is 11.1 Å². The van der Waals surface area contributed by atoms with Gasteiger partial charge in [-0.25, -0.2) is 0 Å². The number of thioether (sulfide) groups is 1. The van der Waals surface area contributed by atoms with E-state index >= 15 is 0 Å². The van der Waals surface area contributed by atoms with Crippen LogP contribution in [0.4, 0.5) is 5.69 Å². The van der Waals surface area contributed by atoms with E-state index in [2.05, 4.69) is 22.1 Å². The molecular weight excluding hydrogens is 382 g/mol. The van der Waals surface area contributed by atoms with Gasteiger partial charge in [0, 0.05) is 17.1 Å². The van der Waals surface area contributed by atoms with Gasteiger partial charge in [-0.05, 0) is 47.2 Å². The smallest absolute Gasteiger partial charge is 0.245 e. The van der Waals surface area contributed by atoms with Crippen LogP contribution in [0.1, 0.15) is 12.0 Å². The van der Waals surface area contributed by atoms with Crippen LogP contribution in [-0.2, 0) is 4.79 Å². The molecule has 0 N–H and O–H groups in total. The Bertz CT molecular complexity index is 1020. The van der Waals surface area contributed by atoms with Gasteiger partial charge >= 0.3 is 0 Å². The SMILES string of the molecule is C=C1CC(Sc2nnnn2-c2ccccc2)C(=O)N1c1cccc(Cl)c1C. The van der Waals surface area contributed by atoms with Crippen LogP contribution in [0.3, 0.4) is 0 Å². The zero-order valence-corrected chi connectivity index (χ0v) is 16.1. The third-order valence-corrected chi connectivity index (χ3v) is 5.93. The Morgan fingerprint density at radius 3 is 2.74 bits per heavy atom. The quantitative estimate of drug-likeness (QED) is 0.664. The minimum Gasteiger partial charge on any atom is -0.284 e. The Kier molecular flexibility index (Phi) is 4.72. The molecule has 0 bridgehead atoms. The average molecular weight is 398 g/mol. The van der Waals surface area contributed by atoms with E-state index in [0.717, 1.165) is 22.6 Å². The molecule has 1 amide bonds. The molecule has 8 heteroatoms. The van der Waals surface area contributed by atoms with E-state index in [-0.39, 0.29) is 11.2 Å². The van der Waals surface area contributed by atoms with Gasteiger partial charge in [-0.3, -0.25) is 9.69 Å². The summed E-state index contributed by atoms with van der Waals surface area (Å²) in [6.07, 6.45) is 0.525. The van der Waals surface area contributed by atoms with Gasteiger partial charge in [-0.2, -0.15) is 4.68 Å². The molecule has 6 nitrogen and oxygen atoms in total. The second kappa shape index (κ2) is 7.17. The standard InChI is InChI=1S/C19H16ClN5OS/c1-12-11-17(18(26)24(12)16-10-6-9-15(20)13(16)2)27-19-21-22-23-25(19)14-7-4-3-5-8-14/h3-10,17H,1,11H2,2H3. The van der Waals surface area contributed by atoms with Crippen LogP contribution >= 0.6 is 23.4 Å². The molecule has 0 radical (unpaired) electrons. The normalized spacial score (nSPS) is 17.0. The number of hydrogen-bond acceptors (Lipinski definition) is 5. The van der Waals surface area contributed by atoms with Crippen molar-refractivity contribution in [3.8, 4) is 5.69 Å². The molecule has 27 heavy (non-hydrogen) atoms. The number of aromatic nitrogens is 4. The first kappa shape index (κ1) is 17.8. The number of allylic oxidation sites excluding steroid dienone is 1. The lowest BCUT2D eigenvalue weighted by atomic mass is 10.2. The van der Waals surface area contributed by atoms with E-state index in [1.165, 1.54) is 11.8 Å². The van der Waals surface area contributed by atoms with Gasteiger partial charge in [0.05, 0.1) is 16.6 Å². The van der Waals surface area contributed by atoms with Crippen LogP contribution in [0.2, 0.25) is 5.02 Å². The number of anilines is 1. The van der Waals surface area contributed by atoms with E-state index < -0.39 is 0 Å². The lowest BCUT2D eigenvalue weighted by molar-refractivity contribution is -0.116. The average Bonchev–Trinajstić information content (AvgIpc) is 3.24. The van der Waals surface area contributed by atoms with Crippen molar-refractivity contribution < 1.29 is 4.79 Å². The summed E-state index contributed by atoms with van der Waals surface area (Å²) in [5, 5.41) is 12.7. The number of carbonyl (C=O) groups excluding carboxylic acids is 1. The van der Waals surface area contributed by atoms with Gasteiger partial charge in [-0.15, -0.1) is 5.10 Å². The first-order valence-electron chi connectivity index (χ1n) is 8.33. The molecule has 3 aromatic rings. The second-order valence-electron chi connectivity index (χ2n) is 6.14. The molecule has 1 unspecified atom stereocenters. The first-order valence-corrected chi connectivity index (χ1v) is 9.59. The molecule has 1 fully saturated rings. The van der Waals surface area contributed by atoms with Crippen LogP contribution in [0.15, 0.2) is 66.0 Å². The maximum atomic E-state index is 13.1. The molecule has 0 saturated carbocycles. The molecule has 1 aliphatic heterocycles. The summed E-state index contributed by atoms with van der Waals surface area (Å²) in [6, 6.07) is 15.1. The van der Waals surface area contributed by atoms with Crippen molar-refractivity contribution in [3.63, 3.8) is 0 Å². The summed E-state index contributed by atoms with van der Waals surface area (Å²) >= 11 is 7.57. The Balaban J connectivity index is 1.61. The summed E-state index contributed by atoms with van der Waals surface area (Å²) in [4.78, 5) is 14.7. The summed E-state index contributed by atoms with van der Waals surface area (Å²) in [5.41, 5.74) is 3.20. The molecule has 1 aliphatic rings. The van der Waals surface area contributed by atoms with Crippen LogP contribution in [0.5, 0.6) is 0 Å². The van der Waals surface area contributed by atoms with Gasteiger partial charge in [0.1, 0.15) is 0 Å². The highest BCUT2D eigenvalue weighted by atomic mass is 35.5.